The number of thiazole rings is 1. The number of anilines is 1. The highest BCUT2D eigenvalue weighted by molar-refractivity contribution is 9.10. The molecule has 0 aliphatic rings. The first kappa shape index (κ1) is 13.6. The second-order valence-corrected chi connectivity index (χ2v) is 6.62. The Labute approximate surface area is 121 Å². The van der Waals surface area contributed by atoms with Crippen LogP contribution in [0.25, 0.3) is 0 Å². The Kier molecular flexibility index (Phi) is 4.07. The van der Waals surface area contributed by atoms with E-state index in [1.54, 1.807) is 11.3 Å². The molecular weight excluding hydrogens is 308 g/mol. The average Bonchev–Trinajstić information content (AvgIpc) is 2.63. The van der Waals surface area contributed by atoms with Gasteiger partial charge in [0.1, 0.15) is 0 Å². The number of hydrogen-bond donors (Lipinski definition) is 1. The third-order valence-corrected chi connectivity index (χ3v) is 4.77. The molecule has 0 aliphatic carbocycles. The van der Waals surface area contributed by atoms with E-state index in [1.807, 2.05) is 0 Å². The summed E-state index contributed by atoms with van der Waals surface area (Å²) < 4.78 is 1.10. The van der Waals surface area contributed by atoms with Crippen molar-refractivity contribution in [2.24, 2.45) is 0 Å². The Bertz CT molecular complexity index is 563. The molecule has 1 N–H and O–H groups in total. The maximum Gasteiger partial charge on any atom is 0.0900 e. The first-order chi connectivity index (χ1) is 8.47. The fraction of sp³-hybridized carbons (Fsp3) is 0.357. The standard InChI is InChI=1S/C14H17BrN2S/c1-8-5-6-12(15)13(7-8)17-10(3)14-9(2)16-11(4)18-14/h5-7,10,17H,1-4H3. The molecule has 0 spiro atoms. The summed E-state index contributed by atoms with van der Waals surface area (Å²) in [5.74, 6) is 0. The highest BCUT2D eigenvalue weighted by Crippen LogP contribution is 2.31. The summed E-state index contributed by atoms with van der Waals surface area (Å²) in [6.45, 7) is 8.40. The van der Waals surface area contributed by atoms with Gasteiger partial charge < -0.3 is 5.32 Å². The van der Waals surface area contributed by atoms with Gasteiger partial charge in [-0.1, -0.05) is 6.07 Å². The summed E-state index contributed by atoms with van der Waals surface area (Å²) in [6.07, 6.45) is 0. The molecule has 0 fully saturated rings. The molecule has 0 saturated carbocycles. The number of rotatable bonds is 3. The largest absolute Gasteiger partial charge is 0.377 e. The van der Waals surface area contributed by atoms with Crippen LogP contribution in [0.2, 0.25) is 0 Å². The molecule has 2 nitrogen and oxygen atoms in total. The summed E-state index contributed by atoms with van der Waals surface area (Å²) in [4.78, 5) is 5.79. The summed E-state index contributed by atoms with van der Waals surface area (Å²) in [5, 5.41) is 4.67. The number of nitrogens with one attached hydrogen (secondary N) is 1. The van der Waals surface area contributed by atoms with Crippen molar-refractivity contribution in [3.05, 3.63) is 43.8 Å². The second kappa shape index (κ2) is 5.41. The van der Waals surface area contributed by atoms with Crippen molar-refractivity contribution < 1.29 is 0 Å². The Morgan fingerprint density at radius 1 is 1.28 bits per heavy atom. The molecule has 0 bridgehead atoms. The molecule has 1 unspecified atom stereocenters. The molecule has 0 saturated heterocycles. The minimum absolute atomic E-state index is 0.272. The molecule has 2 aromatic rings. The van der Waals surface area contributed by atoms with Crippen molar-refractivity contribution >= 4 is 33.0 Å². The van der Waals surface area contributed by atoms with E-state index >= 15 is 0 Å². The smallest absolute Gasteiger partial charge is 0.0900 e. The van der Waals surface area contributed by atoms with Crippen LogP contribution in [0.5, 0.6) is 0 Å². The van der Waals surface area contributed by atoms with Crippen molar-refractivity contribution in [2.75, 3.05) is 5.32 Å². The van der Waals surface area contributed by atoms with Crippen LogP contribution in [0.1, 0.15) is 34.1 Å². The summed E-state index contributed by atoms with van der Waals surface area (Å²) in [6, 6.07) is 6.61. The van der Waals surface area contributed by atoms with E-state index in [4.69, 9.17) is 0 Å². The van der Waals surface area contributed by atoms with Gasteiger partial charge in [-0.05, 0) is 61.3 Å². The lowest BCUT2D eigenvalue weighted by Gasteiger charge is -2.16. The van der Waals surface area contributed by atoms with Gasteiger partial charge in [0, 0.05) is 15.0 Å². The molecule has 1 atom stereocenters. The van der Waals surface area contributed by atoms with Crippen LogP contribution in [-0.4, -0.2) is 4.98 Å². The van der Waals surface area contributed by atoms with Crippen LogP contribution in [-0.2, 0) is 0 Å². The van der Waals surface area contributed by atoms with Crippen molar-refractivity contribution in [3.8, 4) is 0 Å². The summed E-state index contributed by atoms with van der Waals surface area (Å²) >= 11 is 5.34. The Hall–Kier alpha value is -0.870. The van der Waals surface area contributed by atoms with Crippen molar-refractivity contribution in [1.29, 1.82) is 0 Å². The van der Waals surface area contributed by atoms with Crippen LogP contribution < -0.4 is 5.32 Å². The predicted molar refractivity (Wildman–Crippen MR) is 82.5 cm³/mol. The third-order valence-electron chi connectivity index (χ3n) is 2.83. The number of halogens is 1. The fourth-order valence-electron chi connectivity index (χ4n) is 2.00. The molecule has 0 amide bonds. The molecule has 1 aromatic heterocycles. The predicted octanol–water partition coefficient (Wildman–Crippen LogP) is 5.00. The Morgan fingerprint density at radius 2 is 2.00 bits per heavy atom. The lowest BCUT2D eigenvalue weighted by molar-refractivity contribution is 0.888. The van der Waals surface area contributed by atoms with Crippen molar-refractivity contribution in [2.45, 2.75) is 33.7 Å². The second-order valence-electron chi connectivity index (χ2n) is 4.53. The van der Waals surface area contributed by atoms with Gasteiger partial charge in [0.15, 0.2) is 0 Å². The van der Waals surface area contributed by atoms with Gasteiger partial charge in [-0.2, -0.15) is 0 Å². The van der Waals surface area contributed by atoms with E-state index < -0.39 is 0 Å². The Morgan fingerprint density at radius 3 is 2.61 bits per heavy atom. The topological polar surface area (TPSA) is 24.9 Å². The molecule has 18 heavy (non-hydrogen) atoms. The third kappa shape index (κ3) is 2.93. The molecule has 0 radical (unpaired) electrons. The van der Waals surface area contributed by atoms with Crippen molar-refractivity contribution in [3.63, 3.8) is 0 Å². The normalized spacial score (nSPS) is 12.5. The van der Waals surface area contributed by atoms with Crippen LogP contribution in [0, 0.1) is 20.8 Å². The molecule has 96 valence electrons. The van der Waals surface area contributed by atoms with Gasteiger partial charge in [0.25, 0.3) is 0 Å². The summed E-state index contributed by atoms with van der Waals surface area (Å²) in [5.41, 5.74) is 3.51. The van der Waals surface area contributed by atoms with Crippen molar-refractivity contribution in [1.82, 2.24) is 4.98 Å². The van der Waals surface area contributed by atoms with E-state index in [-0.39, 0.29) is 6.04 Å². The fourth-order valence-corrected chi connectivity index (χ4v) is 3.29. The average molecular weight is 325 g/mol. The molecule has 1 aromatic carbocycles. The van der Waals surface area contributed by atoms with Gasteiger partial charge in [-0.15, -0.1) is 11.3 Å². The van der Waals surface area contributed by atoms with Gasteiger partial charge in [-0.3, -0.25) is 0 Å². The highest BCUT2D eigenvalue weighted by Gasteiger charge is 2.13. The zero-order valence-corrected chi connectivity index (χ0v) is 13.4. The SMILES string of the molecule is Cc1ccc(Br)c(NC(C)c2sc(C)nc2C)c1. The lowest BCUT2D eigenvalue weighted by Crippen LogP contribution is -2.07. The zero-order valence-electron chi connectivity index (χ0n) is 11.0. The first-order valence-corrected chi connectivity index (χ1v) is 7.55. The minimum atomic E-state index is 0.272. The first-order valence-electron chi connectivity index (χ1n) is 5.94. The van der Waals surface area contributed by atoms with E-state index in [2.05, 4.69) is 72.1 Å². The minimum Gasteiger partial charge on any atom is -0.377 e. The van der Waals surface area contributed by atoms with E-state index in [0.717, 1.165) is 20.9 Å². The molecule has 4 heteroatoms. The van der Waals surface area contributed by atoms with Gasteiger partial charge in [-0.25, -0.2) is 4.98 Å². The monoisotopic (exact) mass is 324 g/mol. The molecule has 1 heterocycles. The summed E-state index contributed by atoms with van der Waals surface area (Å²) in [7, 11) is 0. The molecule has 0 aliphatic heterocycles. The quantitative estimate of drug-likeness (QED) is 0.858. The zero-order chi connectivity index (χ0) is 13.3. The van der Waals surface area contributed by atoms with Gasteiger partial charge in [0.05, 0.1) is 16.7 Å². The number of benzene rings is 1. The van der Waals surface area contributed by atoms with Crippen LogP contribution in [0.3, 0.4) is 0 Å². The van der Waals surface area contributed by atoms with E-state index in [1.165, 1.54) is 10.4 Å². The molecule has 2 rings (SSSR count). The number of aryl methyl sites for hydroxylation is 3. The van der Waals surface area contributed by atoms with E-state index in [9.17, 15) is 0 Å². The maximum atomic E-state index is 4.48. The highest BCUT2D eigenvalue weighted by atomic mass is 79.9. The number of nitrogens with zero attached hydrogens (tertiary/aromatic N) is 1. The number of aromatic nitrogens is 1. The molecular formula is C14H17BrN2S. The lowest BCUT2D eigenvalue weighted by atomic mass is 10.2. The van der Waals surface area contributed by atoms with Gasteiger partial charge >= 0.3 is 0 Å². The Balaban J connectivity index is 2.23. The van der Waals surface area contributed by atoms with Crippen LogP contribution in [0.4, 0.5) is 5.69 Å². The maximum absolute atomic E-state index is 4.48. The van der Waals surface area contributed by atoms with Crippen LogP contribution >= 0.6 is 27.3 Å². The van der Waals surface area contributed by atoms with Crippen LogP contribution in [0.15, 0.2) is 22.7 Å². The van der Waals surface area contributed by atoms with Gasteiger partial charge in [0.2, 0.25) is 0 Å². The van der Waals surface area contributed by atoms with E-state index in [0.29, 0.717) is 0 Å². The number of hydrogen-bond acceptors (Lipinski definition) is 3.